The topological polar surface area (TPSA) is 55.8 Å². The Balaban J connectivity index is 1.51. The zero-order valence-corrected chi connectivity index (χ0v) is 11.7. The molecule has 0 aliphatic heterocycles. The number of hydrogen-bond acceptors (Lipinski definition) is 3. The van der Waals surface area contributed by atoms with Crippen LogP contribution in [0.4, 0.5) is 0 Å². The first-order valence-electron chi connectivity index (χ1n) is 7.16. The molecule has 0 bridgehead atoms. The quantitative estimate of drug-likeness (QED) is 0.706. The molecular weight excluding hydrogens is 256 g/mol. The summed E-state index contributed by atoms with van der Waals surface area (Å²) in [7, 11) is 0. The number of rotatable bonds is 9. The van der Waals surface area contributed by atoms with Crippen molar-refractivity contribution >= 4 is 5.97 Å². The maximum Gasteiger partial charge on any atom is 0.309 e. The van der Waals surface area contributed by atoms with Gasteiger partial charge in [0.15, 0.2) is 0 Å². The SMILES string of the molecule is O=C(O)C1(CCOCCOCc2ccccc2)CCC1. The molecular formula is C16H22O4. The second-order valence-electron chi connectivity index (χ2n) is 5.34. The van der Waals surface area contributed by atoms with E-state index in [1.165, 1.54) is 0 Å². The predicted molar refractivity (Wildman–Crippen MR) is 75.5 cm³/mol. The summed E-state index contributed by atoms with van der Waals surface area (Å²) in [6.45, 7) is 2.14. The van der Waals surface area contributed by atoms with Crippen LogP contribution in [0.2, 0.25) is 0 Å². The van der Waals surface area contributed by atoms with Crippen LogP contribution in [-0.4, -0.2) is 30.9 Å². The molecule has 1 fully saturated rings. The largest absolute Gasteiger partial charge is 0.481 e. The molecule has 0 atom stereocenters. The van der Waals surface area contributed by atoms with Crippen LogP contribution in [0.3, 0.4) is 0 Å². The van der Waals surface area contributed by atoms with Crippen molar-refractivity contribution < 1.29 is 19.4 Å². The standard InChI is InChI=1S/C16H22O4/c17-15(18)16(7-4-8-16)9-10-19-11-12-20-13-14-5-2-1-3-6-14/h1-3,5-6H,4,7-13H2,(H,17,18). The summed E-state index contributed by atoms with van der Waals surface area (Å²) in [5.41, 5.74) is 0.636. The first-order valence-corrected chi connectivity index (χ1v) is 7.16. The maximum atomic E-state index is 11.1. The van der Waals surface area contributed by atoms with Crippen molar-refractivity contribution in [2.75, 3.05) is 19.8 Å². The van der Waals surface area contributed by atoms with E-state index >= 15 is 0 Å². The summed E-state index contributed by atoms with van der Waals surface area (Å²) < 4.78 is 11.0. The van der Waals surface area contributed by atoms with Crippen LogP contribution in [0.5, 0.6) is 0 Å². The van der Waals surface area contributed by atoms with Crippen molar-refractivity contribution in [3.8, 4) is 0 Å². The predicted octanol–water partition coefficient (Wildman–Crippen LogP) is 2.86. The van der Waals surface area contributed by atoms with E-state index in [0.717, 1.165) is 24.8 Å². The zero-order valence-electron chi connectivity index (χ0n) is 11.7. The smallest absolute Gasteiger partial charge is 0.309 e. The van der Waals surface area contributed by atoms with E-state index < -0.39 is 11.4 Å². The summed E-state index contributed by atoms with van der Waals surface area (Å²) >= 11 is 0. The summed E-state index contributed by atoms with van der Waals surface area (Å²) in [5, 5.41) is 9.17. The average Bonchev–Trinajstić information content (AvgIpc) is 2.40. The summed E-state index contributed by atoms with van der Waals surface area (Å²) in [5.74, 6) is -0.673. The van der Waals surface area contributed by atoms with Crippen molar-refractivity contribution in [1.29, 1.82) is 0 Å². The lowest BCUT2D eigenvalue weighted by Crippen LogP contribution is -2.38. The Morgan fingerprint density at radius 3 is 2.40 bits per heavy atom. The van der Waals surface area contributed by atoms with Crippen LogP contribution < -0.4 is 0 Å². The van der Waals surface area contributed by atoms with Gasteiger partial charge in [0.25, 0.3) is 0 Å². The van der Waals surface area contributed by atoms with Gasteiger partial charge in [0.2, 0.25) is 0 Å². The van der Waals surface area contributed by atoms with Gasteiger partial charge in [-0.25, -0.2) is 0 Å². The fourth-order valence-corrected chi connectivity index (χ4v) is 2.43. The Kier molecular flexibility index (Phi) is 5.56. The fourth-order valence-electron chi connectivity index (χ4n) is 2.43. The van der Waals surface area contributed by atoms with Crippen LogP contribution in [0.1, 0.15) is 31.2 Å². The average molecular weight is 278 g/mol. The molecule has 0 heterocycles. The van der Waals surface area contributed by atoms with E-state index in [9.17, 15) is 9.90 Å². The lowest BCUT2D eigenvalue weighted by atomic mass is 9.67. The van der Waals surface area contributed by atoms with Gasteiger partial charge in [-0.2, -0.15) is 0 Å². The third kappa shape index (κ3) is 4.05. The molecule has 20 heavy (non-hydrogen) atoms. The minimum Gasteiger partial charge on any atom is -0.481 e. The highest BCUT2D eigenvalue weighted by atomic mass is 16.5. The van der Waals surface area contributed by atoms with E-state index in [2.05, 4.69) is 0 Å². The van der Waals surface area contributed by atoms with E-state index in [4.69, 9.17) is 9.47 Å². The highest BCUT2D eigenvalue weighted by Gasteiger charge is 2.43. The van der Waals surface area contributed by atoms with Crippen molar-refractivity contribution in [2.24, 2.45) is 5.41 Å². The molecule has 0 spiro atoms. The lowest BCUT2D eigenvalue weighted by molar-refractivity contribution is -0.156. The molecule has 1 aromatic rings. The van der Waals surface area contributed by atoms with Gasteiger partial charge in [-0.15, -0.1) is 0 Å². The molecule has 1 N–H and O–H groups in total. The van der Waals surface area contributed by atoms with Crippen molar-refractivity contribution in [1.82, 2.24) is 0 Å². The Morgan fingerprint density at radius 1 is 1.10 bits per heavy atom. The summed E-state index contributed by atoms with van der Waals surface area (Å²) in [6.07, 6.45) is 3.21. The molecule has 0 saturated heterocycles. The molecule has 1 aliphatic carbocycles. The lowest BCUT2D eigenvalue weighted by Gasteiger charge is -2.37. The van der Waals surface area contributed by atoms with Gasteiger partial charge in [0.1, 0.15) is 0 Å². The number of ether oxygens (including phenoxy) is 2. The van der Waals surface area contributed by atoms with Crippen LogP contribution in [0.25, 0.3) is 0 Å². The van der Waals surface area contributed by atoms with Gasteiger partial charge in [-0.05, 0) is 24.8 Å². The highest BCUT2D eigenvalue weighted by molar-refractivity contribution is 5.75. The first kappa shape index (κ1) is 15.0. The van der Waals surface area contributed by atoms with Crippen LogP contribution in [-0.2, 0) is 20.9 Å². The van der Waals surface area contributed by atoms with Crippen molar-refractivity contribution in [3.05, 3.63) is 35.9 Å². The molecule has 0 radical (unpaired) electrons. The van der Waals surface area contributed by atoms with Crippen molar-refractivity contribution in [3.63, 3.8) is 0 Å². The van der Waals surface area contributed by atoms with E-state index in [0.29, 0.717) is 32.8 Å². The summed E-state index contributed by atoms with van der Waals surface area (Å²) in [6, 6.07) is 9.99. The Labute approximate surface area is 119 Å². The number of carboxylic acid groups (broad SMARTS) is 1. The monoisotopic (exact) mass is 278 g/mol. The maximum absolute atomic E-state index is 11.1. The third-order valence-electron chi connectivity index (χ3n) is 3.97. The highest BCUT2D eigenvalue weighted by Crippen LogP contribution is 2.44. The Bertz CT molecular complexity index is 412. The molecule has 4 heteroatoms. The normalized spacial score (nSPS) is 16.6. The molecule has 0 aromatic heterocycles. The third-order valence-corrected chi connectivity index (χ3v) is 3.97. The molecule has 1 aliphatic rings. The fraction of sp³-hybridized carbons (Fsp3) is 0.562. The summed E-state index contributed by atoms with van der Waals surface area (Å²) in [4.78, 5) is 11.1. The minimum atomic E-state index is -0.673. The molecule has 110 valence electrons. The van der Waals surface area contributed by atoms with Gasteiger partial charge in [-0.3, -0.25) is 4.79 Å². The van der Waals surface area contributed by atoms with E-state index in [-0.39, 0.29) is 0 Å². The Hall–Kier alpha value is -1.39. The molecule has 4 nitrogen and oxygen atoms in total. The number of aliphatic carboxylic acids is 1. The van der Waals surface area contributed by atoms with Gasteiger partial charge in [0.05, 0.1) is 25.2 Å². The Morgan fingerprint density at radius 2 is 1.80 bits per heavy atom. The van der Waals surface area contributed by atoms with E-state index in [1.807, 2.05) is 30.3 Å². The van der Waals surface area contributed by atoms with Gasteiger partial charge < -0.3 is 14.6 Å². The molecule has 1 saturated carbocycles. The zero-order chi connectivity index (χ0) is 14.3. The minimum absolute atomic E-state index is 0.501. The van der Waals surface area contributed by atoms with Gasteiger partial charge >= 0.3 is 5.97 Å². The number of carbonyl (C=O) groups is 1. The van der Waals surface area contributed by atoms with Crippen LogP contribution in [0, 0.1) is 5.41 Å². The molecule has 1 aromatic carbocycles. The number of hydrogen-bond donors (Lipinski definition) is 1. The molecule has 0 unspecified atom stereocenters. The molecule has 0 amide bonds. The second-order valence-corrected chi connectivity index (χ2v) is 5.34. The van der Waals surface area contributed by atoms with Crippen LogP contribution >= 0.6 is 0 Å². The molecule has 2 rings (SSSR count). The van der Waals surface area contributed by atoms with Gasteiger partial charge in [-0.1, -0.05) is 36.8 Å². The number of benzene rings is 1. The van der Waals surface area contributed by atoms with E-state index in [1.54, 1.807) is 0 Å². The first-order chi connectivity index (χ1) is 9.73. The second kappa shape index (κ2) is 7.41. The number of carboxylic acids is 1. The van der Waals surface area contributed by atoms with Crippen LogP contribution in [0.15, 0.2) is 30.3 Å². The van der Waals surface area contributed by atoms with Crippen molar-refractivity contribution in [2.45, 2.75) is 32.3 Å². The van der Waals surface area contributed by atoms with Gasteiger partial charge in [0, 0.05) is 6.61 Å².